The highest BCUT2D eigenvalue weighted by atomic mass is 19.4. The van der Waals surface area contributed by atoms with Crippen molar-refractivity contribution in [1.29, 1.82) is 0 Å². The summed E-state index contributed by atoms with van der Waals surface area (Å²) in [5.74, 6) is 1.92. The van der Waals surface area contributed by atoms with Crippen molar-refractivity contribution in [2.75, 3.05) is 31.2 Å². The standard InChI is InChI=1S/C24H24N6O3.C7H7F3N2/c1-14-19(15(2)33-28-14)24(32)29-10-3-4-18(12-29)23-27-20(17-7-5-16(13-31)6-8-17)21-22(25)26-9-11-30(21)23;1-11-6-4-5(2-3-12-6)7(8,9)10/h5-9,11,13,18H,3-4,10,12H2,1-2H3,(H2,25,26);2-4H,1H3,(H,11,12). The Morgan fingerprint density at radius 1 is 1.13 bits per heavy atom. The lowest BCUT2D eigenvalue weighted by atomic mass is 9.96. The van der Waals surface area contributed by atoms with Gasteiger partial charge in [-0.05, 0) is 38.8 Å². The van der Waals surface area contributed by atoms with Crippen LogP contribution < -0.4 is 11.1 Å². The van der Waals surface area contributed by atoms with Crippen molar-refractivity contribution in [1.82, 2.24) is 29.4 Å². The zero-order valence-corrected chi connectivity index (χ0v) is 24.8. The number of aromatic nitrogens is 5. The molecule has 1 unspecified atom stereocenters. The first kappa shape index (κ1) is 31.2. The molecule has 1 aromatic carbocycles. The number of pyridine rings is 1. The van der Waals surface area contributed by atoms with Gasteiger partial charge >= 0.3 is 6.18 Å². The van der Waals surface area contributed by atoms with E-state index >= 15 is 0 Å². The highest BCUT2D eigenvalue weighted by Gasteiger charge is 2.32. The van der Waals surface area contributed by atoms with Gasteiger partial charge in [-0.15, -0.1) is 0 Å². The van der Waals surface area contributed by atoms with E-state index in [-0.39, 0.29) is 17.6 Å². The summed E-state index contributed by atoms with van der Waals surface area (Å²) < 4.78 is 43.3. The molecule has 0 spiro atoms. The van der Waals surface area contributed by atoms with E-state index in [4.69, 9.17) is 15.2 Å². The number of nitrogens with one attached hydrogen (secondary N) is 1. The summed E-state index contributed by atoms with van der Waals surface area (Å²) in [7, 11) is 1.52. The molecule has 0 bridgehead atoms. The molecular weight excluding hydrogens is 589 g/mol. The molecule has 234 valence electrons. The number of nitrogen functional groups attached to an aromatic ring is 1. The quantitative estimate of drug-likeness (QED) is 0.241. The number of aldehydes is 1. The average molecular weight is 621 g/mol. The zero-order chi connectivity index (χ0) is 32.3. The second-order valence-corrected chi connectivity index (χ2v) is 10.6. The lowest BCUT2D eigenvalue weighted by Gasteiger charge is -2.32. The molecule has 1 aliphatic heterocycles. The summed E-state index contributed by atoms with van der Waals surface area (Å²) in [6, 6.07) is 9.11. The average Bonchev–Trinajstić information content (AvgIpc) is 3.61. The molecule has 0 saturated carbocycles. The minimum atomic E-state index is -4.30. The number of halogens is 3. The fourth-order valence-electron chi connectivity index (χ4n) is 5.36. The molecule has 5 aromatic rings. The molecule has 4 aromatic heterocycles. The highest BCUT2D eigenvalue weighted by molar-refractivity contribution is 5.96. The van der Waals surface area contributed by atoms with Gasteiger partial charge in [-0.2, -0.15) is 13.2 Å². The van der Waals surface area contributed by atoms with E-state index in [2.05, 4.69) is 20.4 Å². The maximum absolute atomic E-state index is 13.2. The number of likely N-dealkylation sites (tertiary alicyclic amines) is 1. The summed E-state index contributed by atoms with van der Waals surface area (Å²) in [4.78, 5) is 39.0. The van der Waals surface area contributed by atoms with Crippen molar-refractivity contribution < 1.29 is 27.3 Å². The Kier molecular flexibility index (Phi) is 8.84. The molecule has 1 aliphatic rings. The molecular formula is C31H31F3N8O3. The molecule has 11 nitrogen and oxygen atoms in total. The van der Waals surface area contributed by atoms with E-state index < -0.39 is 11.7 Å². The third kappa shape index (κ3) is 6.49. The van der Waals surface area contributed by atoms with Crippen LogP contribution in [0.15, 0.2) is 59.5 Å². The highest BCUT2D eigenvalue weighted by Crippen LogP contribution is 2.34. The third-order valence-corrected chi connectivity index (χ3v) is 7.59. The number of alkyl halides is 3. The first-order chi connectivity index (χ1) is 21.5. The number of imidazole rings is 1. The van der Waals surface area contributed by atoms with Crippen molar-refractivity contribution in [3.63, 3.8) is 0 Å². The SMILES string of the molecule is CNc1cc(C(F)(F)F)ccn1.Cc1noc(C)c1C(=O)N1CCCC(c2nc(-c3ccc(C=O)cc3)c3c(N)nccn23)C1. The Labute approximate surface area is 256 Å². The first-order valence-electron chi connectivity index (χ1n) is 14.1. The molecule has 5 heterocycles. The molecule has 45 heavy (non-hydrogen) atoms. The summed E-state index contributed by atoms with van der Waals surface area (Å²) >= 11 is 0. The Morgan fingerprint density at radius 3 is 2.53 bits per heavy atom. The van der Waals surface area contributed by atoms with Gasteiger partial charge in [-0.1, -0.05) is 29.4 Å². The number of piperidine rings is 1. The largest absolute Gasteiger partial charge is 0.416 e. The van der Waals surface area contributed by atoms with Gasteiger partial charge in [0.1, 0.15) is 46.3 Å². The van der Waals surface area contributed by atoms with Gasteiger partial charge in [0.2, 0.25) is 0 Å². The second-order valence-electron chi connectivity index (χ2n) is 10.6. The van der Waals surface area contributed by atoms with Crippen LogP contribution in [0.3, 0.4) is 0 Å². The monoisotopic (exact) mass is 620 g/mol. The maximum Gasteiger partial charge on any atom is 0.416 e. The maximum atomic E-state index is 13.2. The van der Waals surface area contributed by atoms with E-state index in [1.54, 1.807) is 32.2 Å². The van der Waals surface area contributed by atoms with Crippen molar-refractivity contribution in [2.45, 2.75) is 38.8 Å². The number of carbonyl (C=O) groups is 2. The number of fused-ring (bicyclic) bond motifs is 1. The number of rotatable bonds is 5. The number of benzene rings is 1. The Bertz CT molecular complexity index is 1810. The van der Waals surface area contributed by atoms with E-state index in [0.29, 0.717) is 47.2 Å². The van der Waals surface area contributed by atoms with E-state index in [0.717, 1.165) is 54.4 Å². The van der Waals surface area contributed by atoms with Gasteiger partial charge in [0, 0.05) is 55.8 Å². The molecule has 0 radical (unpaired) electrons. The van der Waals surface area contributed by atoms with Crippen LogP contribution in [0.4, 0.5) is 24.8 Å². The Hall–Kier alpha value is -5.27. The van der Waals surface area contributed by atoms with Gasteiger partial charge < -0.3 is 20.5 Å². The first-order valence-corrected chi connectivity index (χ1v) is 14.1. The molecule has 1 amide bonds. The van der Waals surface area contributed by atoms with Crippen molar-refractivity contribution in [2.24, 2.45) is 0 Å². The molecule has 6 rings (SSSR count). The van der Waals surface area contributed by atoms with Crippen LogP contribution in [-0.4, -0.2) is 61.7 Å². The fraction of sp³-hybridized carbons (Fsp3) is 0.290. The van der Waals surface area contributed by atoms with Crippen LogP contribution in [0.5, 0.6) is 0 Å². The Morgan fingerprint density at radius 2 is 1.89 bits per heavy atom. The Balaban J connectivity index is 0.000000282. The van der Waals surface area contributed by atoms with Crippen molar-refractivity contribution in [3.05, 3.63) is 89.0 Å². The van der Waals surface area contributed by atoms with Crippen LogP contribution in [0, 0.1) is 13.8 Å². The van der Waals surface area contributed by atoms with Crippen LogP contribution in [0.2, 0.25) is 0 Å². The number of nitrogens with two attached hydrogens (primary N) is 1. The number of anilines is 2. The van der Waals surface area contributed by atoms with E-state index in [9.17, 15) is 22.8 Å². The lowest BCUT2D eigenvalue weighted by Crippen LogP contribution is -2.40. The minimum Gasteiger partial charge on any atom is -0.382 e. The third-order valence-electron chi connectivity index (χ3n) is 7.59. The topological polar surface area (TPSA) is 145 Å². The fourth-order valence-corrected chi connectivity index (χ4v) is 5.36. The lowest BCUT2D eigenvalue weighted by molar-refractivity contribution is -0.137. The number of nitrogens with zero attached hydrogens (tertiary/aromatic N) is 6. The molecule has 0 aliphatic carbocycles. The van der Waals surface area contributed by atoms with Crippen LogP contribution in [-0.2, 0) is 6.18 Å². The van der Waals surface area contributed by atoms with Crippen molar-refractivity contribution in [3.8, 4) is 11.3 Å². The normalized spacial score (nSPS) is 15.0. The van der Waals surface area contributed by atoms with Gasteiger partial charge in [0.25, 0.3) is 5.91 Å². The predicted molar refractivity (Wildman–Crippen MR) is 161 cm³/mol. The number of hydrogen-bond donors (Lipinski definition) is 2. The summed E-state index contributed by atoms with van der Waals surface area (Å²) in [6.45, 7) is 4.75. The zero-order valence-electron chi connectivity index (χ0n) is 24.8. The van der Waals surface area contributed by atoms with Crippen LogP contribution in [0.1, 0.15) is 62.3 Å². The number of hydrogen-bond acceptors (Lipinski definition) is 9. The summed E-state index contributed by atoms with van der Waals surface area (Å²) in [6.07, 6.45) is 2.90. The minimum absolute atomic E-state index is 0.0282. The number of aryl methyl sites for hydroxylation is 2. The van der Waals surface area contributed by atoms with Crippen molar-refractivity contribution >= 4 is 29.3 Å². The predicted octanol–water partition coefficient (Wildman–Crippen LogP) is 5.56. The molecule has 3 N–H and O–H groups in total. The smallest absolute Gasteiger partial charge is 0.382 e. The van der Waals surface area contributed by atoms with Crippen LogP contribution in [0.25, 0.3) is 16.8 Å². The van der Waals surface area contributed by atoms with E-state index in [1.807, 2.05) is 27.6 Å². The molecule has 1 fully saturated rings. The molecule has 14 heteroatoms. The molecule has 1 atom stereocenters. The van der Waals surface area contributed by atoms with Gasteiger partial charge in [0.05, 0.1) is 11.3 Å². The molecule has 1 saturated heterocycles. The second kappa shape index (κ2) is 12.8. The van der Waals surface area contributed by atoms with E-state index in [1.165, 1.54) is 7.05 Å². The summed E-state index contributed by atoms with van der Waals surface area (Å²) in [5, 5.41) is 6.46. The van der Waals surface area contributed by atoms with Gasteiger partial charge in [-0.3, -0.25) is 14.0 Å². The number of carbonyl (C=O) groups excluding carboxylic acids is 2. The van der Waals surface area contributed by atoms with Gasteiger partial charge in [0.15, 0.2) is 0 Å². The summed E-state index contributed by atoms with van der Waals surface area (Å²) in [5.41, 5.74) is 9.58. The number of amides is 1. The van der Waals surface area contributed by atoms with Gasteiger partial charge in [-0.25, -0.2) is 15.0 Å². The van der Waals surface area contributed by atoms with Crippen LogP contribution >= 0.6 is 0 Å².